The highest BCUT2D eigenvalue weighted by atomic mass is 16.6. The molecule has 240 valence electrons. The first kappa shape index (κ1) is 31.5. The van der Waals surface area contributed by atoms with Crippen LogP contribution in [-0.2, 0) is 20.8 Å². The Morgan fingerprint density at radius 1 is 0.872 bits per heavy atom. The predicted molar refractivity (Wildman–Crippen MR) is 178 cm³/mol. The Labute approximate surface area is 272 Å². The number of aryl methyl sites for hydroxylation is 1. The van der Waals surface area contributed by atoms with Crippen LogP contribution in [0.25, 0.3) is 22.0 Å². The minimum absolute atomic E-state index is 0.0351. The van der Waals surface area contributed by atoms with Gasteiger partial charge in [0.15, 0.2) is 5.69 Å². The largest absolute Gasteiger partial charge is 0.460 e. The highest BCUT2D eigenvalue weighted by Crippen LogP contribution is 2.44. The highest BCUT2D eigenvalue weighted by Gasteiger charge is 2.29. The number of hydrogen-bond donors (Lipinski definition) is 1. The summed E-state index contributed by atoms with van der Waals surface area (Å²) in [5.74, 6) is -1.52. The van der Waals surface area contributed by atoms with Crippen molar-refractivity contribution < 1.29 is 28.6 Å². The summed E-state index contributed by atoms with van der Waals surface area (Å²) in [4.78, 5) is 48.1. The summed E-state index contributed by atoms with van der Waals surface area (Å²) in [6, 6.07) is 23.8. The lowest BCUT2D eigenvalue weighted by Crippen LogP contribution is -2.24. The number of benzene rings is 3. The quantitative estimate of drug-likeness (QED) is 0.140. The van der Waals surface area contributed by atoms with Crippen molar-refractivity contribution >= 4 is 34.6 Å². The van der Waals surface area contributed by atoms with E-state index in [0.717, 1.165) is 33.3 Å². The van der Waals surface area contributed by atoms with Gasteiger partial charge in [0.2, 0.25) is 5.82 Å². The van der Waals surface area contributed by atoms with Gasteiger partial charge >= 0.3 is 18.0 Å². The number of carbonyl (C=O) groups excluding carboxylic acids is 3. The molecule has 0 aliphatic heterocycles. The number of amides is 1. The molecule has 10 nitrogen and oxygen atoms in total. The number of imidazole rings is 1. The van der Waals surface area contributed by atoms with Crippen LogP contribution in [0.4, 0.5) is 10.5 Å². The van der Waals surface area contributed by atoms with Gasteiger partial charge in [-0.25, -0.2) is 19.4 Å². The van der Waals surface area contributed by atoms with E-state index in [4.69, 9.17) is 14.2 Å². The normalized spacial score (nSPS) is 12.4. The number of nitrogens with zero attached hydrogens (tertiary/aromatic N) is 3. The van der Waals surface area contributed by atoms with Crippen molar-refractivity contribution in [2.24, 2.45) is 0 Å². The second kappa shape index (κ2) is 12.7. The van der Waals surface area contributed by atoms with Gasteiger partial charge in [0.25, 0.3) is 0 Å². The van der Waals surface area contributed by atoms with Gasteiger partial charge in [-0.15, -0.1) is 0 Å². The number of rotatable bonds is 8. The van der Waals surface area contributed by atoms with E-state index in [1.54, 1.807) is 33.8 Å². The van der Waals surface area contributed by atoms with Crippen LogP contribution in [-0.4, -0.2) is 51.4 Å². The van der Waals surface area contributed by atoms with Crippen molar-refractivity contribution in [1.29, 1.82) is 0 Å². The molecule has 1 amide bonds. The summed E-state index contributed by atoms with van der Waals surface area (Å²) in [7, 11) is 0. The van der Waals surface area contributed by atoms with E-state index < -0.39 is 23.6 Å². The van der Waals surface area contributed by atoms with Crippen molar-refractivity contribution in [2.45, 2.75) is 52.7 Å². The number of hydrogen-bond acceptors (Lipinski definition) is 8. The summed E-state index contributed by atoms with van der Waals surface area (Å²) in [6.07, 6.45) is 0.820. The molecule has 6 rings (SSSR count). The lowest BCUT2D eigenvalue weighted by Gasteiger charge is -2.18. The molecular formula is C37H36N4O6. The number of esters is 2. The molecule has 0 bridgehead atoms. The van der Waals surface area contributed by atoms with Crippen LogP contribution in [0.2, 0.25) is 0 Å². The first-order valence-corrected chi connectivity index (χ1v) is 15.5. The molecule has 10 heteroatoms. The third-order valence-corrected chi connectivity index (χ3v) is 7.82. The highest BCUT2D eigenvalue weighted by molar-refractivity contribution is 5.93. The van der Waals surface area contributed by atoms with E-state index in [0.29, 0.717) is 16.8 Å². The zero-order chi connectivity index (χ0) is 33.3. The standard InChI is InChI=1S/C37H36N4O6/c1-6-45-35(43)33-39-32(34(42)47-37(3,4)5)20-41(33)19-24-17-23-16-15-22(2)38-30(23)18-31(24)40-36(44)46-21-29-27-13-9-7-11-25(27)26-12-8-10-14-28(26)29/h7-18,20,29H,6,19,21H2,1-5H3,(H,40,44). The molecule has 1 aliphatic rings. The van der Waals surface area contributed by atoms with E-state index in [-0.39, 0.29) is 37.2 Å². The Morgan fingerprint density at radius 3 is 2.21 bits per heavy atom. The fourth-order valence-electron chi connectivity index (χ4n) is 5.82. The molecule has 2 heterocycles. The van der Waals surface area contributed by atoms with Crippen LogP contribution >= 0.6 is 0 Å². The number of anilines is 1. The minimum atomic E-state index is -0.755. The second-order valence-electron chi connectivity index (χ2n) is 12.4. The van der Waals surface area contributed by atoms with Crippen molar-refractivity contribution in [3.05, 3.63) is 113 Å². The number of carbonyl (C=O) groups is 3. The topological polar surface area (TPSA) is 122 Å². The third kappa shape index (κ3) is 6.72. The van der Waals surface area contributed by atoms with Gasteiger partial charge in [-0.2, -0.15) is 0 Å². The summed E-state index contributed by atoms with van der Waals surface area (Å²) in [5.41, 5.74) is 6.27. The van der Waals surface area contributed by atoms with Crippen LogP contribution in [0, 0.1) is 6.92 Å². The molecule has 1 N–H and O–H groups in total. The smallest absolute Gasteiger partial charge is 0.411 e. The maximum Gasteiger partial charge on any atom is 0.411 e. The number of fused-ring (bicyclic) bond motifs is 4. The Hall–Kier alpha value is -5.51. The first-order chi connectivity index (χ1) is 22.5. The van der Waals surface area contributed by atoms with Crippen LogP contribution in [0.15, 0.2) is 79.0 Å². The molecule has 0 unspecified atom stereocenters. The molecule has 1 aliphatic carbocycles. The second-order valence-corrected chi connectivity index (χ2v) is 12.4. The van der Waals surface area contributed by atoms with E-state index in [2.05, 4.69) is 39.6 Å². The van der Waals surface area contributed by atoms with Gasteiger partial charge in [-0.1, -0.05) is 54.6 Å². The molecule has 0 radical (unpaired) electrons. The Bertz CT molecular complexity index is 1960. The monoisotopic (exact) mass is 632 g/mol. The molecule has 0 atom stereocenters. The van der Waals surface area contributed by atoms with Crippen LogP contribution in [0.1, 0.15) is 77.1 Å². The van der Waals surface area contributed by atoms with E-state index >= 15 is 0 Å². The van der Waals surface area contributed by atoms with E-state index in [1.807, 2.05) is 49.4 Å². The SMILES string of the molecule is CCOC(=O)c1nc(C(=O)OC(C)(C)C)cn1Cc1cc2ccc(C)nc2cc1NC(=O)OCC1c2ccccc2-c2ccccc21. The number of nitrogens with one attached hydrogen (secondary N) is 1. The summed E-state index contributed by atoms with van der Waals surface area (Å²) >= 11 is 0. The molecule has 0 saturated heterocycles. The molecule has 2 aromatic heterocycles. The number of ether oxygens (including phenoxy) is 3. The van der Waals surface area contributed by atoms with Crippen LogP contribution in [0.5, 0.6) is 0 Å². The minimum Gasteiger partial charge on any atom is -0.460 e. The fourth-order valence-corrected chi connectivity index (χ4v) is 5.82. The average molecular weight is 633 g/mol. The van der Waals surface area contributed by atoms with Crippen LogP contribution < -0.4 is 5.32 Å². The number of aromatic nitrogens is 3. The average Bonchev–Trinajstić information content (AvgIpc) is 3.59. The Kier molecular flexibility index (Phi) is 8.51. The Balaban J connectivity index is 1.30. The predicted octanol–water partition coefficient (Wildman–Crippen LogP) is 7.28. The summed E-state index contributed by atoms with van der Waals surface area (Å²) < 4.78 is 18.1. The molecule has 0 spiro atoms. The van der Waals surface area contributed by atoms with Gasteiger partial charge in [0.05, 0.1) is 24.4 Å². The summed E-state index contributed by atoms with van der Waals surface area (Å²) in [5, 5.41) is 3.73. The zero-order valence-corrected chi connectivity index (χ0v) is 27.0. The third-order valence-electron chi connectivity index (χ3n) is 7.82. The molecule has 0 fully saturated rings. The van der Waals surface area contributed by atoms with Crippen LogP contribution in [0.3, 0.4) is 0 Å². The zero-order valence-electron chi connectivity index (χ0n) is 27.0. The summed E-state index contributed by atoms with van der Waals surface area (Å²) in [6.45, 7) is 9.18. The first-order valence-electron chi connectivity index (χ1n) is 15.5. The number of pyridine rings is 1. The van der Waals surface area contributed by atoms with Gasteiger partial charge < -0.3 is 18.8 Å². The van der Waals surface area contributed by atoms with Crippen molar-refractivity contribution in [1.82, 2.24) is 14.5 Å². The maximum atomic E-state index is 13.4. The molecule has 5 aromatic rings. The van der Waals surface area contributed by atoms with Gasteiger partial charge in [-0.3, -0.25) is 10.3 Å². The lowest BCUT2D eigenvalue weighted by atomic mass is 9.98. The van der Waals surface area contributed by atoms with Crippen molar-refractivity contribution in [3.8, 4) is 11.1 Å². The molecule has 3 aromatic carbocycles. The van der Waals surface area contributed by atoms with Gasteiger partial charge in [0.1, 0.15) is 12.2 Å². The molecular weight excluding hydrogens is 596 g/mol. The van der Waals surface area contributed by atoms with Crippen molar-refractivity contribution in [3.63, 3.8) is 0 Å². The van der Waals surface area contributed by atoms with Crippen molar-refractivity contribution in [2.75, 3.05) is 18.5 Å². The molecule has 47 heavy (non-hydrogen) atoms. The van der Waals surface area contributed by atoms with E-state index in [1.165, 1.54) is 10.8 Å². The van der Waals surface area contributed by atoms with Gasteiger partial charge in [0, 0.05) is 23.2 Å². The van der Waals surface area contributed by atoms with Gasteiger partial charge in [-0.05, 0) is 80.6 Å². The maximum absolute atomic E-state index is 13.4. The lowest BCUT2D eigenvalue weighted by molar-refractivity contribution is 0.00631. The fraction of sp³-hybridized carbons (Fsp3) is 0.270. The van der Waals surface area contributed by atoms with E-state index in [9.17, 15) is 14.4 Å². The Morgan fingerprint density at radius 2 is 1.55 bits per heavy atom. The molecule has 0 saturated carbocycles.